The van der Waals surface area contributed by atoms with Crippen molar-refractivity contribution >= 4 is 11.9 Å². The molecule has 1 rings (SSSR count). The first-order valence-electron chi connectivity index (χ1n) is 5.49. The molecule has 0 aliphatic carbocycles. The van der Waals surface area contributed by atoms with Gasteiger partial charge in [-0.1, -0.05) is 12.6 Å². The largest absolute Gasteiger partial charge is 0.456 e. The Balaban J connectivity index is 2.91. The van der Waals surface area contributed by atoms with E-state index in [-0.39, 0.29) is 5.56 Å². The first-order chi connectivity index (χ1) is 8.33. The Kier molecular flexibility index (Phi) is 4.26. The Labute approximate surface area is 106 Å². The molecule has 0 spiro atoms. The third kappa shape index (κ3) is 4.05. The molecule has 4 heteroatoms. The topological polar surface area (TPSA) is 52.6 Å². The average Bonchev–Trinajstić information content (AvgIpc) is 2.27. The summed E-state index contributed by atoms with van der Waals surface area (Å²) in [5.41, 5.74) is 0.0102. The van der Waals surface area contributed by atoms with E-state index in [0.717, 1.165) is 6.26 Å². The van der Waals surface area contributed by atoms with Crippen molar-refractivity contribution in [1.29, 1.82) is 0 Å². The highest BCUT2D eigenvalue weighted by atomic mass is 16.6. The van der Waals surface area contributed by atoms with E-state index in [2.05, 4.69) is 11.3 Å². The van der Waals surface area contributed by atoms with Gasteiger partial charge in [-0.15, -0.1) is 0 Å². The Bertz CT molecular complexity index is 469. The summed E-state index contributed by atoms with van der Waals surface area (Å²) in [5.74, 6) is -1.04. The molecule has 18 heavy (non-hydrogen) atoms. The fraction of sp³-hybridized carbons (Fsp3) is 0.286. The maximum atomic E-state index is 11.8. The lowest BCUT2D eigenvalue weighted by Crippen LogP contribution is -2.24. The summed E-state index contributed by atoms with van der Waals surface area (Å²) in [7, 11) is 0. The van der Waals surface area contributed by atoms with Crippen molar-refractivity contribution in [2.24, 2.45) is 0 Å². The molecule has 0 bridgehead atoms. The molecule has 0 aliphatic rings. The molecular formula is C14H16O4. The number of esters is 2. The molecule has 0 unspecified atom stereocenters. The number of rotatable bonds is 3. The summed E-state index contributed by atoms with van der Waals surface area (Å²) in [4.78, 5) is 23.3. The monoisotopic (exact) mass is 248 g/mol. The SMILES string of the molecule is C=COC(=O)c1cccc(C(=O)OC(C)(C)C)c1. The molecule has 0 saturated carbocycles. The maximum absolute atomic E-state index is 11.8. The second kappa shape index (κ2) is 5.49. The molecule has 0 radical (unpaired) electrons. The van der Waals surface area contributed by atoms with Crippen LogP contribution < -0.4 is 0 Å². The minimum absolute atomic E-state index is 0.276. The van der Waals surface area contributed by atoms with E-state index in [9.17, 15) is 9.59 Å². The van der Waals surface area contributed by atoms with E-state index in [1.54, 1.807) is 39.0 Å². The van der Waals surface area contributed by atoms with Gasteiger partial charge < -0.3 is 9.47 Å². The fourth-order valence-corrected chi connectivity index (χ4v) is 1.25. The van der Waals surface area contributed by atoms with Crippen LogP contribution in [0.5, 0.6) is 0 Å². The smallest absolute Gasteiger partial charge is 0.342 e. The summed E-state index contributed by atoms with van der Waals surface area (Å²) < 4.78 is 9.84. The maximum Gasteiger partial charge on any atom is 0.342 e. The van der Waals surface area contributed by atoms with Crippen molar-refractivity contribution in [2.45, 2.75) is 26.4 Å². The Morgan fingerprint density at radius 1 is 1.17 bits per heavy atom. The number of benzene rings is 1. The summed E-state index contributed by atoms with van der Waals surface area (Å²) in [6.07, 6.45) is 1.04. The lowest BCUT2D eigenvalue weighted by atomic mass is 10.1. The quantitative estimate of drug-likeness (QED) is 0.609. The van der Waals surface area contributed by atoms with Crippen molar-refractivity contribution in [3.8, 4) is 0 Å². The Morgan fingerprint density at radius 2 is 1.72 bits per heavy atom. The van der Waals surface area contributed by atoms with Crippen molar-refractivity contribution in [2.75, 3.05) is 0 Å². The van der Waals surface area contributed by atoms with Crippen molar-refractivity contribution < 1.29 is 19.1 Å². The van der Waals surface area contributed by atoms with Crippen LogP contribution in [-0.4, -0.2) is 17.5 Å². The minimum atomic E-state index is -0.575. The molecule has 0 aliphatic heterocycles. The third-order valence-electron chi connectivity index (χ3n) is 1.92. The van der Waals surface area contributed by atoms with Crippen molar-refractivity contribution in [3.63, 3.8) is 0 Å². The van der Waals surface area contributed by atoms with E-state index >= 15 is 0 Å². The zero-order chi connectivity index (χ0) is 13.8. The molecular weight excluding hydrogens is 232 g/mol. The second-order valence-electron chi connectivity index (χ2n) is 4.65. The molecule has 1 aromatic carbocycles. The standard InChI is InChI=1S/C14H16O4/c1-5-17-12(15)10-7-6-8-11(9-10)13(16)18-14(2,3)4/h5-9H,1H2,2-4H3. The molecule has 96 valence electrons. The molecule has 0 fully saturated rings. The number of hydrogen-bond acceptors (Lipinski definition) is 4. The number of carbonyl (C=O) groups is 2. The van der Waals surface area contributed by atoms with Crippen LogP contribution in [0.2, 0.25) is 0 Å². The summed E-state index contributed by atoms with van der Waals surface area (Å²) >= 11 is 0. The second-order valence-corrected chi connectivity index (χ2v) is 4.65. The van der Waals surface area contributed by atoms with Crippen LogP contribution in [0.25, 0.3) is 0 Å². The van der Waals surface area contributed by atoms with Crippen LogP contribution in [0.15, 0.2) is 37.1 Å². The van der Waals surface area contributed by atoms with Gasteiger partial charge in [-0.3, -0.25) is 0 Å². The van der Waals surface area contributed by atoms with E-state index in [1.165, 1.54) is 6.07 Å². The Morgan fingerprint density at radius 3 is 2.22 bits per heavy atom. The van der Waals surface area contributed by atoms with Crippen LogP contribution in [0.3, 0.4) is 0 Å². The van der Waals surface area contributed by atoms with Crippen LogP contribution in [-0.2, 0) is 9.47 Å². The summed E-state index contributed by atoms with van der Waals surface area (Å²) in [5, 5.41) is 0. The first kappa shape index (κ1) is 14.0. The normalized spacial score (nSPS) is 10.6. The van der Waals surface area contributed by atoms with E-state index < -0.39 is 17.5 Å². The van der Waals surface area contributed by atoms with E-state index in [4.69, 9.17) is 4.74 Å². The molecule has 0 amide bonds. The highest BCUT2D eigenvalue weighted by molar-refractivity contribution is 5.95. The van der Waals surface area contributed by atoms with Gasteiger partial charge in [0, 0.05) is 0 Å². The van der Waals surface area contributed by atoms with Gasteiger partial charge in [0.25, 0.3) is 0 Å². The highest BCUT2D eigenvalue weighted by Gasteiger charge is 2.18. The van der Waals surface area contributed by atoms with Crippen molar-refractivity contribution in [1.82, 2.24) is 0 Å². The molecule has 0 aromatic heterocycles. The lowest BCUT2D eigenvalue weighted by Gasteiger charge is -2.19. The molecule has 0 saturated heterocycles. The minimum Gasteiger partial charge on any atom is -0.456 e. The number of carbonyl (C=O) groups excluding carboxylic acids is 2. The summed E-state index contributed by atoms with van der Waals surface area (Å²) in [6.45, 7) is 8.63. The van der Waals surface area contributed by atoms with Gasteiger partial charge in [0.15, 0.2) is 0 Å². The first-order valence-corrected chi connectivity index (χ1v) is 5.49. The van der Waals surface area contributed by atoms with Gasteiger partial charge in [0.05, 0.1) is 17.4 Å². The molecule has 0 atom stereocenters. The fourth-order valence-electron chi connectivity index (χ4n) is 1.25. The van der Waals surface area contributed by atoms with E-state index in [0.29, 0.717) is 5.56 Å². The van der Waals surface area contributed by atoms with Gasteiger partial charge in [-0.25, -0.2) is 9.59 Å². The molecule has 0 heterocycles. The van der Waals surface area contributed by atoms with E-state index in [1.807, 2.05) is 0 Å². The zero-order valence-corrected chi connectivity index (χ0v) is 10.7. The van der Waals surface area contributed by atoms with Crippen molar-refractivity contribution in [3.05, 3.63) is 48.2 Å². The third-order valence-corrected chi connectivity index (χ3v) is 1.92. The van der Waals surface area contributed by atoms with Gasteiger partial charge in [-0.05, 0) is 39.0 Å². The molecule has 1 aromatic rings. The zero-order valence-electron chi connectivity index (χ0n) is 10.7. The van der Waals surface area contributed by atoms with Gasteiger partial charge in [0.2, 0.25) is 0 Å². The number of hydrogen-bond donors (Lipinski definition) is 0. The molecule has 4 nitrogen and oxygen atoms in total. The van der Waals surface area contributed by atoms with Crippen LogP contribution in [0, 0.1) is 0 Å². The summed E-state index contributed by atoms with van der Waals surface area (Å²) in [6, 6.07) is 6.16. The van der Waals surface area contributed by atoms with Gasteiger partial charge in [-0.2, -0.15) is 0 Å². The van der Waals surface area contributed by atoms with Crippen LogP contribution in [0.4, 0.5) is 0 Å². The molecule has 0 N–H and O–H groups in total. The highest BCUT2D eigenvalue weighted by Crippen LogP contribution is 2.13. The van der Waals surface area contributed by atoms with Crippen LogP contribution in [0.1, 0.15) is 41.5 Å². The number of ether oxygens (including phenoxy) is 2. The van der Waals surface area contributed by atoms with Gasteiger partial charge in [0.1, 0.15) is 5.60 Å². The predicted octanol–water partition coefficient (Wildman–Crippen LogP) is 2.94. The average molecular weight is 248 g/mol. The Hall–Kier alpha value is -2.10. The van der Waals surface area contributed by atoms with Crippen LogP contribution >= 0.6 is 0 Å². The predicted molar refractivity (Wildman–Crippen MR) is 67.2 cm³/mol. The van der Waals surface area contributed by atoms with Gasteiger partial charge >= 0.3 is 11.9 Å². The lowest BCUT2D eigenvalue weighted by molar-refractivity contribution is 0.00695.